The molecule has 10 aliphatic heterocycles. The Kier molecular flexibility index (Phi) is 39.0. The van der Waals surface area contributed by atoms with Crippen molar-refractivity contribution in [2.24, 2.45) is 0 Å². The average molecular weight is 1930 g/mol. The number of aliphatic hydroxyl groups is 28. The van der Waals surface area contributed by atoms with Crippen molar-refractivity contribution in [3.05, 3.63) is 0 Å². The molecular weight excluding hydrogens is 1810 g/mol. The fourth-order valence-electron chi connectivity index (χ4n) is 17.0. The lowest BCUT2D eigenvalue weighted by atomic mass is 9.88. The lowest BCUT2D eigenvalue weighted by Crippen LogP contribution is -2.70. The van der Waals surface area contributed by atoms with Crippen LogP contribution in [-0.4, -0.2) is 562 Å². The molecule has 51 atom stereocenters. The second kappa shape index (κ2) is 47.3. The van der Waals surface area contributed by atoms with Crippen LogP contribution < -0.4 is 26.6 Å². The van der Waals surface area contributed by atoms with Crippen LogP contribution in [0.5, 0.6) is 0 Å². The van der Waals surface area contributed by atoms with E-state index >= 15 is 0 Å². The third kappa shape index (κ3) is 24.1. The van der Waals surface area contributed by atoms with Gasteiger partial charge < -0.3 is 265 Å². The van der Waals surface area contributed by atoms with Gasteiger partial charge in [-0.05, 0) is 0 Å². The van der Waals surface area contributed by atoms with E-state index in [0.29, 0.717) is 0 Å². The Morgan fingerprint density at radius 3 is 0.977 bits per heavy atom. The van der Waals surface area contributed by atoms with Crippen molar-refractivity contribution in [1.29, 1.82) is 0 Å². The highest BCUT2D eigenvalue weighted by Gasteiger charge is 2.63. The predicted octanol–water partition coefficient (Wildman–Crippen LogP) is -22.9. The van der Waals surface area contributed by atoms with Gasteiger partial charge in [0.15, 0.2) is 56.6 Å². The van der Waals surface area contributed by atoms with Crippen molar-refractivity contribution in [3.63, 3.8) is 0 Å². The minimum Gasteiger partial charge on any atom is -0.477 e. The van der Waals surface area contributed by atoms with Crippen molar-refractivity contribution in [2.75, 3.05) is 66.1 Å². The molecule has 59 heteroatoms. The van der Waals surface area contributed by atoms with Crippen molar-refractivity contribution in [1.82, 2.24) is 26.6 Å². The van der Waals surface area contributed by atoms with Gasteiger partial charge in [0.05, 0.1) is 78.2 Å². The molecule has 34 N–H and O–H groups in total. The number of ether oxygens (including phenoxy) is 19. The van der Waals surface area contributed by atoms with Crippen LogP contribution in [-0.2, 0) is 119 Å². The normalized spacial score (nSPS) is 47.2. The van der Waals surface area contributed by atoms with Gasteiger partial charge >= 0.3 is 5.97 Å². The Hall–Kier alpha value is -5.06. The van der Waals surface area contributed by atoms with Gasteiger partial charge in [0, 0.05) is 41.0 Å². The van der Waals surface area contributed by atoms with Gasteiger partial charge in [0.25, 0.3) is 5.79 Å². The van der Waals surface area contributed by atoms with E-state index in [2.05, 4.69) is 26.6 Å². The van der Waals surface area contributed by atoms with Gasteiger partial charge in [-0.3, -0.25) is 24.0 Å². The van der Waals surface area contributed by atoms with Gasteiger partial charge in [-0.15, -0.1) is 0 Å². The van der Waals surface area contributed by atoms with Gasteiger partial charge in [0.1, 0.15) is 238 Å². The number of carboxylic acids is 1. The van der Waals surface area contributed by atoms with E-state index in [1.807, 2.05) is 0 Å². The maximum atomic E-state index is 13.0. The Balaban J connectivity index is 0.882. The van der Waals surface area contributed by atoms with Crippen LogP contribution in [0, 0.1) is 0 Å². The first-order valence-electron chi connectivity index (χ1n) is 41.8. The number of carbonyl (C=O) groups is 6. The van der Waals surface area contributed by atoms with E-state index in [0.717, 1.165) is 34.6 Å². The zero-order valence-corrected chi connectivity index (χ0v) is 70.8. The van der Waals surface area contributed by atoms with E-state index in [1.54, 1.807) is 0 Å². The molecule has 10 fully saturated rings. The highest BCUT2D eigenvalue weighted by molar-refractivity contribution is 5.77. The molecule has 10 rings (SSSR count). The topological polar surface area (TPSA) is 925 Å². The molecule has 0 saturated carbocycles. The zero-order valence-electron chi connectivity index (χ0n) is 70.8. The number of rotatable bonds is 36. The molecule has 5 amide bonds. The van der Waals surface area contributed by atoms with E-state index in [-0.39, 0.29) is 0 Å². The van der Waals surface area contributed by atoms with Crippen molar-refractivity contribution < 1.29 is 267 Å². The van der Waals surface area contributed by atoms with Gasteiger partial charge in [0.2, 0.25) is 29.5 Å². The van der Waals surface area contributed by atoms with E-state index in [9.17, 15) is 177 Å². The van der Waals surface area contributed by atoms with Crippen molar-refractivity contribution in [3.8, 4) is 0 Å². The molecule has 10 saturated heterocycles. The summed E-state index contributed by atoms with van der Waals surface area (Å²) >= 11 is 0. The largest absolute Gasteiger partial charge is 0.477 e. The number of aliphatic hydroxyl groups excluding tert-OH is 28. The SMILES string of the molecule is CC(=O)N[C@@H]1[C@@H](O)[C@H](O[C@@H]2O[C@H](CO)[C@@H](O[C@@H]3O[C@H](CO[C@H]4O[C@H](CO)[C@@H](O[C@@H]5O[C@H](CO)[C@@H](O[C@@H]6O[C@H](CO)[C@H](O)[C@H](O)[C@H]6O)[C@H](O)[C@H]5NC(C)=O)[C@H](O)[C@@H]4O)[C@@H](O)[C@H](O[C@H]4O[C@H](CO)[C@@H](O[C@@H]5O[C@H](CO)[C@@H](O[C@@H]6O[C@H](CO[C@]7(C(=O)O)C[C@H](O)[C@@H](NC(C)=O)[C@H]([C@H](O)[C@H](O)CO)O7)[C@H](O)[C@H](O)[C@H]6O)[C@H](O)[C@H]5NC(C)=O)[C@H](O)[C@@H]4O)[C@@H]3O)[C@H](O)[C@H]2NC(C)=O)[C@@H](CO)O[C@H]1O. The van der Waals surface area contributed by atoms with Crippen molar-refractivity contribution in [2.45, 2.75) is 353 Å². The summed E-state index contributed by atoms with van der Waals surface area (Å²) in [7, 11) is 0. The monoisotopic (exact) mass is 1930 g/mol. The molecular formula is C73H121N5O54. The van der Waals surface area contributed by atoms with Gasteiger partial charge in [-0.25, -0.2) is 4.79 Å². The highest BCUT2D eigenvalue weighted by atomic mass is 16.8. The fraction of sp³-hybridized carbons (Fsp3) is 0.918. The number of carboxylic acid groups (broad SMARTS) is 1. The molecule has 0 spiro atoms. The molecule has 132 heavy (non-hydrogen) atoms. The first-order chi connectivity index (χ1) is 62.3. The van der Waals surface area contributed by atoms with E-state index in [4.69, 9.17) is 90.0 Å². The molecule has 0 aromatic heterocycles. The first kappa shape index (κ1) is 109. The smallest absolute Gasteiger partial charge is 0.364 e. The molecule has 0 unspecified atom stereocenters. The Morgan fingerprint density at radius 2 is 0.598 bits per heavy atom. The number of amides is 5. The summed E-state index contributed by atoms with van der Waals surface area (Å²) in [5.74, 6) is -9.60. The molecule has 762 valence electrons. The van der Waals surface area contributed by atoms with Crippen LogP contribution in [0.25, 0.3) is 0 Å². The number of hydrogen-bond donors (Lipinski definition) is 34. The molecule has 0 bridgehead atoms. The van der Waals surface area contributed by atoms with Crippen LogP contribution in [0.4, 0.5) is 0 Å². The van der Waals surface area contributed by atoms with E-state index < -0.39 is 420 Å². The summed E-state index contributed by atoms with van der Waals surface area (Å²) in [6, 6.07) is -9.08. The quantitative estimate of drug-likeness (QED) is 0.0277. The lowest BCUT2D eigenvalue weighted by Gasteiger charge is -2.51. The maximum Gasteiger partial charge on any atom is 0.364 e. The summed E-state index contributed by atoms with van der Waals surface area (Å²) in [4.78, 5) is 75.9. The van der Waals surface area contributed by atoms with Crippen molar-refractivity contribution >= 4 is 35.5 Å². The van der Waals surface area contributed by atoms with Crippen LogP contribution in [0.3, 0.4) is 0 Å². The van der Waals surface area contributed by atoms with Crippen LogP contribution in [0.15, 0.2) is 0 Å². The zero-order chi connectivity index (χ0) is 97.6. The number of hydrogen-bond acceptors (Lipinski definition) is 53. The molecule has 0 aromatic rings. The van der Waals surface area contributed by atoms with Crippen LogP contribution in [0.2, 0.25) is 0 Å². The number of carbonyl (C=O) groups excluding carboxylic acids is 5. The molecule has 10 heterocycles. The number of aliphatic carboxylic acids is 1. The second-order valence-corrected chi connectivity index (χ2v) is 33.2. The lowest BCUT2D eigenvalue weighted by molar-refractivity contribution is -0.392. The van der Waals surface area contributed by atoms with E-state index in [1.165, 1.54) is 0 Å². The summed E-state index contributed by atoms with van der Waals surface area (Å²) in [5.41, 5.74) is 0. The first-order valence-corrected chi connectivity index (χ1v) is 41.8. The summed E-state index contributed by atoms with van der Waals surface area (Å²) in [6.07, 6.45) is -96.6. The number of nitrogens with one attached hydrogen (secondary N) is 5. The summed E-state index contributed by atoms with van der Waals surface area (Å²) < 4.78 is 111. The molecule has 0 aliphatic carbocycles. The third-order valence-corrected chi connectivity index (χ3v) is 23.8. The maximum absolute atomic E-state index is 13.0. The standard InChI is InChI=1S/C73H121N5O54/c1-17(87)74-33-22(92)6-73(72(112)113,132-61(33)38(94)23(93)7-79)115-16-32-40(96)47(103)51(107)69(124-32)129-57-27(11-83)120-66(37(44(57)100)78-21(5)91)127-60-30(14-86)122-70(53(109)49(60)105)131-62-41(97)31(123-71(54(62)110)130-58-28(12-84)118-64(35(45(58)101)76-19(3)89)125-55-25(9-81)116-63(111)34(42(55)98)75-18(2)88)15-114-67-52(108)48(104)59(29(13-85)121-67)126-65-36(77-20(4)90)43(99)56(26(10-82)119-65)128-68-50(106)46(102)39(95)24(8-80)117-68/h22-71,79-86,92-111H,6-16H2,1-5H3,(H,74,87)(H,75,88)(H,76,89)(H,77,90)(H,78,91)(H,112,113)/t22-,23+,24+,25+,26+,27+,28+,29+,30+,31+,32+,33+,34+,35+,36+,37+,38+,39-,40-,41+,42+,43+,44+,45+,46-,47-,48+,49+,50+,51+,52-,53-,54-,55+,56+,57+,58+,59+,60+,61+,62-,63+,64-,65-,66-,67-,68-,69-,70+,71-,73+/m0/s1. The van der Waals surface area contributed by atoms with Crippen LogP contribution >= 0.6 is 0 Å². The minimum absolute atomic E-state index is 0.799. The molecule has 59 nitrogen and oxygen atoms in total. The molecule has 0 aromatic carbocycles. The molecule has 10 aliphatic rings. The minimum atomic E-state index is -3.08. The average Bonchev–Trinajstić information content (AvgIpc) is 0.766. The van der Waals surface area contributed by atoms with Gasteiger partial charge in [-0.2, -0.15) is 0 Å². The Labute approximate surface area is 746 Å². The molecule has 0 radical (unpaired) electrons. The second-order valence-electron chi connectivity index (χ2n) is 33.2. The summed E-state index contributed by atoms with van der Waals surface area (Å²) in [6.45, 7) is -6.69. The summed E-state index contributed by atoms with van der Waals surface area (Å²) in [5, 5.41) is 334. The van der Waals surface area contributed by atoms with Gasteiger partial charge in [-0.1, -0.05) is 0 Å². The third-order valence-electron chi connectivity index (χ3n) is 23.8. The highest BCUT2D eigenvalue weighted by Crippen LogP contribution is 2.42. The van der Waals surface area contributed by atoms with Crippen LogP contribution in [0.1, 0.15) is 41.0 Å². The predicted molar refractivity (Wildman–Crippen MR) is 405 cm³/mol. The Morgan fingerprint density at radius 1 is 0.311 bits per heavy atom. The fourth-order valence-corrected chi connectivity index (χ4v) is 17.0. The Bertz CT molecular complexity index is 3680.